The fourth-order valence-corrected chi connectivity index (χ4v) is 2.18. The van der Waals surface area contributed by atoms with Gasteiger partial charge in [-0.25, -0.2) is 0 Å². The van der Waals surface area contributed by atoms with Gasteiger partial charge >= 0.3 is 0 Å². The molecule has 0 saturated heterocycles. The summed E-state index contributed by atoms with van der Waals surface area (Å²) in [7, 11) is 0. The van der Waals surface area contributed by atoms with Crippen molar-refractivity contribution in [2.24, 2.45) is 0 Å². The van der Waals surface area contributed by atoms with E-state index in [-0.39, 0.29) is 6.61 Å². The molecule has 108 valence electrons. The molecule has 2 aromatic heterocycles. The zero-order valence-corrected chi connectivity index (χ0v) is 12.1. The summed E-state index contributed by atoms with van der Waals surface area (Å²) in [5.74, 6) is 1.49. The number of aliphatic hydroxyl groups excluding tert-OH is 1. The minimum Gasteiger partial charge on any atom is -0.438 e. The summed E-state index contributed by atoms with van der Waals surface area (Å²) in [6, 6.07) is 7.51. The van der Waals surface area contributed by atoms with Crippen molar-refractivity contribution >= 4 is 17.4 Å². The molecule has 21 heavy (non-hydrogen) atoms. The summed E-state index contributed by atoms with van der Waals surface area (Å²) in [4.78, 5) is 8.15. The van der Waals surface area contributed by atoms with Crippen LogP contribution in [-0.4, -0.2) is 31.3 Å². The van der Waals surface area contributed by atoms with Gasteiger partial charge in [0.25, 0.3) is 5.78 Å². The van der Waals surface area contributed by atoms with Crippen molar-refractivity contribution in [3.05, 3.63) is 46.9 Å². The Morgan fingerprint density at radius 1 is 1.33 bits per heavy atom. The number of hydrogen-bond acceptors (Lipinski definition) is 5. The fourth-order valence-electron chi connectivity index (χ4n) is 2.03. The molecule has 3 rings (SSSR count). The average Bonchev–Trinajstić information content (AvgIpc) is 2.93. The summed E-state index contributed by atoms with van der Waals surface area (Å²) in [5.41, 5.74) is 1.58. The van der Waals surface area contributed by atoms with Gasteiger partial charge in [-0.2, -0.15) is 19.6 Å². The van der Waals surface area contributed by atoms with Gasteiger partial charge < -0.3 is 9.84 Å². The highest BCUT2D eigenvalue weighted by Crippen LogP contribution is 2.30. The molecule has 0 saturated carbocycles. The van der Waals surface area contributed by atoms with E-state index in [0.717, 1.165) is 5.56 Å². The first-order valence-corrected chi connectivity index (χ1v) is 6.81. The summed E-state index contributed by atoms with van der Waals surface area (Å²) >= 11 is 6.10. The zero-order chi connectivity index (χ0) is 14.8. The Bertz CT molecular complexity index is 788. The lowest BCUT2D eigenvalue weighted by Gasteiger charge is -2.13. The Morgan fingerprint density at radius 2 is 2.14 bits per heavy atom. The highest BCUT2D eigenvalue weighted by molar-refractivity contribution is 6.30. The molecule has 3 aromatic rings. The largest absolute Gasteiger partial charge is 0.438 e. The third-order valence-electron chi connectivity index (χ3n) is 3.11. The van der Waals surface area contributed by atoms with Crippen molar-refractivity contribution in [2.45, 2.75) is 13.3 Å². The third kappa shape index (κ3) is 2.55. The molecule has 0 aliphatic rings. The van der Waals surface area contributed by atoms with Gasteiger partial charge in [0.15, 0.2) is 0 Å². The topological polar surface area (TPSA) is 72.5 Å². The maximum atomic E-state index is 9.13. The van der Waals surface area contributed by atoms with Crippen LogP contribution in [0.25, 0.3) is 5.78 Å². The zero-order valence-electron chi connectivity index (χ0n) is 11.3. The number of nitrogens with zero attached hydrogens (tertiary/aromatic N) is 4. The van der Waals surface area contributed by atoms with Crippen molar-refractivity contribution < 1.29 is 9.84 Å². The molecule has 0 bridgehead atoms. The summed E-state index contributed by atoms with van der Waals surface area (Å²) < 4.78 is 7.47. The van der Waals surface area contributed by atoms with Gasteiger partial charge in [0.05, 0.1) is 0 Å². The van der Waals surface area contributed by atoms with Crippen molar-refractivity contribution in [3.63, 3.8) is 0 Å². The van der Waals surface area contributed by atoms with Crippen LogP contribution in [0, 0.1) is 6.92 Å². The maximum absolute atomic E-state index is 9.13. The summed E-state index contributed by atoms with van der Waals surface area (Å²) in [6.07, 6.45) is 1.90. The molecule has 2 heterocycles. The van der Waals surface area contributed by atoms with E-state index < -0.39 is 0 Å². The molecule has 0 fully saturated rings. The Balaban J connectivity index is 2.10. The van der Waals surface area contributed by atoms with E-state index in [1.54, 1.807) is 6.92 Å². The van der Waals surface area contributed by atoms with Crippen LogP contribution >= 0.6 is 11.6 Å². The van der Waals surface area contributed by atoms with E-state index >= 15 is 0 Å². The van der Waals surface area contributed by atoms with Gasteiger partial charge in [0, 0.05) is 12.2 Å². The van der Waals surface area contributed by atoms with Crippen LogP contribution in [0.5, 0.6) is 11.6 Å². The maximum Gasteiger partial charge on any atom is 0.256 e. The Hall–Kier alpha value is -2.18. The smallest absolute Gasteiger partial charge is 0.256 e. The van der Waals surface area contributed by atoms with Crippen LogP contribution in [0.15, 0.2) is 30.6 Å². The van der Waals surface area contributed by atoms with Crippen LogP contribution in [0.1, 0.15) is 11.1 Å². The van der Waals surface area contributed by atoms with Gasteiger partial charge in [0.1, 0.15) is 17.2 Å². The van der Waals surface area contributed by atoms with Crippen LogP contribution in [0.2, 0.25) is 5.15 Å². The molecule has 0 amide bonds. The molecule has 1 aromatic carbocycles. The van der Waals surface area contributed by atoms with E-state index in [4.69, 9.17) is 21.4 Å². The number of rotatable bonds is 4. The number of halogens is 1. The van der Waals surface area contributed by atoms with Crippen LogP contribution in [0.4, 0.5) is 0 Å². The van der Waals surface area contributed by atoms with Crippen LogP contribution in [-0.2, 0) is 6.42 Å². The van der Waals surface area contributed by atoms with Gasteiger partial charge in [-0.3, -0.25) is 0 Å². The van der Waals surface area contributed by atoms with E-state index in [1.807, 2.05) is 24.3 Å². The van der Waals surface area contributed by atoms with Crippen molar-refractivity contribution in [1.82, 2.24) is 19.6 Å². The summed E-state index contributed by atoms with van der Waals surface area (Å²) in [5, 5.41) is 13.6. The molecule has 1 N–H and O–H groups in total. The van der Waals surface area contributed by atoms with E-state index in [9.17, 15) is 0 Å². The van der Waals surface area contributed by atoms with Gasteiger partial charge in [-0.05, 0) is 25.0 Å². The molecule has 0 aliphatic carbocycles. The Kier molecular flexibility index (Phi) is 3.72. The third-order valence-corrected chi connectivity index (χ3v) is 3.48. The lowest BCUT2D eigenvalue weighted by molar-refractivity contribution is 0.297. The predicted molar refractivity (Wildman–Crippen MR) is 77.8 cm³/mol. The molecule has 0 unspecified atom stereocenters. The quantitative estimate of drug-likeness (QED) is 0.749. The number of hydrogen-bond donors (Lipinski definition) is 1. The lowest BCUT2D eigenvalue weighted by atomic mass is 10.1. The molecular formula is C14H13ClN4O2. The molecule has 6 nitrogen and oxygen atoms in total. The summed E-state index contributed by atoms with van der Waals surface area (Å²) in [6.45, 7) is 1.86. The van der Waals surface area contributed by atoms with Gasteiger partial charge in [0.2, 0.25) is 5.88 Å². The first-order valence-electron chi connectivity index (χ1n) is 6.43. The average molecular weight is 305 g/mol. The number of fused-ring (bicyclic) bond motifs is 1. The molecular weight excluding hydrogens is 292 g/mol. The SMILES string of the molecule is Cc1c(Cl)nc2ncnn2c1Oc1ccccc1CCO. The molecule has 7 heteroatoms. The van der Waals surface area contributed by atoms with E-state index in [1.165, 1.54) is 10.8 Å². The van der Waals surface area contributed by atoms with Crippen molar-refractivity contribution in [1.29, 1.82) is 0 Å². The second-order valence-electron chi connectivity index (χ2n) is 4.49. The predicted octanol–water partition coefficient (Wildman–Crippen LogP) is 2.41. The first-order chi connectivity index (χ1) is 10.2. The molecule has 0 aliphatic heterocycles. The van der Waals surface area contributed by atoms with Gasteiger partial charge in [-0.1, -0.05) is 29.8 Å². The fraction of sp³-hybridized carbons (Fsp3) is 0.214. The number of aliphatic hydroxyl groups is 1. The van der Waals surface area contributed by atoms with E-state index in [0.29, 0.717) is 34.5 Å². The first kappa shape index (κ1) is 13.8. The highest BCUT2D eigenvalue weighted by atomic mass is 35.5. The normalized spacial score (nSPS) is 11.0. The molecule has 0 radical (unpaired) electrons. The van der Waals surface area contributed by atoms with Crippen molar-refractivity contribution in [3.8, 4) is 11.6 Å². The monoisotopic (exact) mass is 304 g/mol. The number of aromatic nitrogens is 4. The standard InChI is InChI=1S/C14H13ClN4O2/c1-9-12(15)18-14-16-8-17-19(14)13(9)21-11-5-3-2-4-10(11)6-7-20/h2-5,8,20H,6-7H2,1H3. The van der Waals surface area contributed by atoms with Gasteiger partial charge in [-0.15, -0.1) is 0 Å². The number of para-hydroxylation sites is 1. The van der Waals surface area contributed by atoms with Crippen LogP contribution < -0.4 is 4.74 Å². The molecule has 0 spiro atoms. The minimum absolute atomic E-state index is 0.0508. The Morgan fingerprint density at radius 3 is 2.95 bits per heavy atom. The lowest BCUT2D eigenvalue weighted by Crippen LogP contribution is -2.03. The Labute approximate surface area is 126 Å². The minimum atomic E-state index is 0.0508. The second kappa shape index (κ2) is 5.67. The highest BCUT2D eigenvalue weighted by Gasteiger charge is 2.15. The second-order valence-corrected chi connectivity index (χ2v) is 4.85. The number of ether oxygens (including phenoxy) is 1. The van der Waals surface area contributed by atoms with Crippen LogP contribution in [0.3, 0.4) is 0 Å². The number of benzene rings is 1. The molecule has 0 atom stereocenters. The van der Waals surface area contributed by atoms with Crippen molar-refractivity contribution in [2.75, 3.05) is 6.61 Å². The van der Waals surface area contributed by atoms with E-state index in [2.05, 4.69) is 15.1 Å².